The Morgan fingerprint density at radius 1 is 0.931 bits per heavy atom. The summed E-state index contributed by atoms with van der Waals surface area (Å²) in [5.41, 5.74) is 0. The zero-order valence-corrected chi connectivity index (χ0v) is 20.0. The lowest BCUT2D eigenvalue weighted by molar-refractivity contribution is -0.143. The summed E-state index contributed by atoms with van der Waals surface area (Å²) < 4.78 is 7.49. The topological polar surface area (TPSA) is 44.1 Å². The molecule has 168 valence electrons. The number of ether oxygens (including phenoxy) is 1. The van der Waals surface area contributed by atoms with Crippen molar-refractivity contribution in [3.05, 3.63) is 18.7 Å². The summed E-state index contributed by atoms with van der Waals surface area (Å²) in [6, 6.07) is 0.514. The smallest absolute Gasteiger partial charge is 0.305 e. The Labute approximate surface area is 181 Å². The van der Waals surface area contributed by atoms with Crippen LogP contribution in [0.15, 0.2) is 18.7 Å². The Balaban J connectivity index is 2.11. The third-order valence-electron chi connectivity index (χ3n) is 5.62. The van der Waals surface area contributed by atoms with Crippen LogP contribution in [0.2, 0.25) is 0 Å². The number of imidazole rings is 1. The molecule has 0 spiro atoms. The van der Waals surface area contributed by atoms with E-state index < -0.39 is 0 Å². The molecule has 1 aromatic rings. The molecule has 0 radical (unpaired) electrons. The molecule has 1 heterocycles. The molecule has 4 nitrogen and oxygen atoms in total. The summed E-state index contributed by atoms with van der Waals surface area (Å²) in [5.74, 6) is -0.0441. The van der Waals surface area contributed by atoms with Crippen molar-refractivity contribution in [3.63, 3.8) is 0 Å². The molecular weight excluding hydrogens is 379 g/mol. The third kappa shape index (κ3) is 14.7. The molecular formula is C24H45N2O2P. The second-order valence-corrected chi connectivity index (χ2v) is 8.82. The summed E-state index contributed by atoms with van der Waals surface area (Å²) in [6.45, 7) is 2.83. The first-order chi connectivity index (χ1) is 14.3. The molecule has 1 rings (SSSR count). The highest BCUT2D eigenvalue weighted by atomic mass is 31.0. The van der Waals surface area contributed by atoms with Crippen molar-refractivity contribution in [2.75, 3.05) is 12.8 Å². The Kier molecular flexibility index (Phi) is 17.2. The largest absolute Gasteiger partial charge is 0.466 e. The highest BCUT2D eigenvalue weighted by molar-refractivity contribution is 7.16. The van der Waals surface area contributed by atoms with Gasteiger partial charge in [-0.05, 0) is 31.8 Å². The van der Waals surface area contributed by atoms with Gasteiger partial charge in [0.2, 0.25) is 0 Å². The van der Waals surface area contributed by atoms with Crippen molar-refractivity contribution in [1.82, 2.24) is 9.55 Å². The molecule has 0 N–H and O–H groups in total. The van der Waals surface area contributed by atoms with Crippen molar-refractivity contribution in [2.45, 2.75) is 116 Å². The minimum absolute atomic E-state index is 0.0441. The quantitative estimate of drug-likeness (QED) is 0.127. The molecule has 0 aliphatic heterocycles. The SMILES string of the molecule is CCCCCCCCCCCCC(CCCCC(=O)OCCCP)n1ccnc1. The van der Waals surface area contributed by atoms with E-state index in [-0.39, 0.29) is 5.97 Å². The summed E-state index contributed by atoms with van der Waals surface area (Å²) in [5, 5.41) is 0. The van der Waals surface area contributed by atoms with E-state index in [2.05, 4.69) is 31.9 Å². The fourth-order valence-corrected chi connectivity index (χ4v) is 3.95. The first-order valence-corrected chi connectivity index (χ1v) is 12.9. The highest BCUT2D eigenvalue weighted by Gasteiger charge is 2.11. The Morgan fingerprint density at radius 3 is 2.14 bits per heavy atom. The number of hydrogen-bond donors (Lipinski definition) is 0. The Hall–Kier alpha value is -0.890. The number of hydrogen-bond acceptors (Lipinski definition) is 3. The van der Waals surface area contributed by atoms with Gasteiger partial charge in [0.05, 0.1) is 12.9 Å². The second kappa shape index (κ2) is 19.1. The summed E-state index contributed by atoms with van der Waals surface area (Å²) in [6.07, 6.45) is 26.4. The molecule has 2 unspecified atom stereocenters. The van der Waals surface area contributed by atoms with Crippen LogP contribution < -0.4 is 0 Å². The molecule has 2 atom stereocenters. The first kappa shape index (κ1) is 26.1. The van der Waals surface area contributed by atoms with Crippen LogP contribution in [0.5, 0.6) is 0 Å². The van der Waals surface area contributed by atoms with E-state index in [1.807, 2.05) is 12.5 Å². The fourth-order valence-electron chi connectivity index (χ4n) is 3.79. The Morgan fingerprint density at radius 2 is 1.55 bits per heavy atom. The van der Waals surface area contributed by atoms with Gasteiger partial charge in [0.25, 0.3) is 0 Å². The van der Waals surface area contributed by atoms with E-state index in [0.29, 0.717) is 19.1 Å². The van der Waals surface area contributed by atoms with Crippen LogP contribution in [0, 0.1) is 0 Å². The average molecular weight is 425 g/mol. The van der Waals surface area contributed by atoms with Crippen LogP contribution in [-0.2, 0) is 9.53 Å². The summed E-state index contributed by atoms with van der Waals surface area (Å²) in [4.78, 5) is 15.9. The standard InChI is InChI=1S/C24H45N2O2P/c1-2-3-4-5-6-7-8-9-10-11-15-23(26-19-18-25-22-26)16-12-13-17-24(27)28-20-14-21-29/h18-19,22-23H,2-17,20-21,29H2,1H3. The van der Waals surface area contributed by atoms with Crippen LogP contribution in [-0.4, -0.2) is 28.3 Å². The van der Waals surface area contributed by atoms with E-state index in [4.69, 9.17) is 4.74 Å². The van der Waals surface area contributed by atoms with Crippen LogP contribution in [0.1, 0.15) is 116 Å². The molecule has 0 aliphatic carbocycles. The number of esters is 1. The predicted molar refractivity (Wildman–Crippen MR) is 126 cm³/mol. The molecule has 0 saturated carbocycles. The van der Waals surface area contributed by atoms with Crippen LogP contribution in [0.4, 0.5) is 0 Å². The van der Waals surface area contributed by atoms with Gasteiger partial charge in [-0.2, -0.15) is 0 Å². The van der Waals surface area contributed by atoms with Crippen molar-refractivity contribution < 1.29 is 9.53 Å². The zero-order chi connectivity index (χ0) is 21.0. The lowest BCUT2D eigenvalue weighted by Crippen LogP contribution is -2.09. The number of carbonyl (C=O) groups excluding carboxylic acids is 1. The molecule has 0 aromatic carbocycles. The number of carbonyl (C=O) groups is 1. The third-order valence-corrected chi connectivity index (χ3v) is 6.03. The number of unbranched alkanes of at least 4 members (excludes halogenated alkanes) is 10. The monoisotopic (exact) mass is 424 g/mol. The summed E-state index contributed by atoms with van der Waals surface area (Å²) in [7, 11) is 2.66. The number of aromatic nitrogens is 2. The van der Waals surface area contributed by atoms with Crippen molar-refractivity contribution in [2.24, 2.45) is 0 Å². The van der Waals surface area contributed by atoms with E-state index >= 15 is 0 Å². The van der Waals surface area contributed by atoms with Gasteiger partial charge >= 0.3 is 5.97 Å². The number of nitrogens with zero attached hydrogens (tertiary/aromatic N) is 2. The van der Waals surface area contributed by atoms with Gasteiger partial charge in [0.15, 0.2) is 0 Å². The lowest BCUT2D eigenvalue weighted by atomic mass is 10.00. The number of rotatable bonds is 20. The van der Waals surface area contributed by atoms with Gasteiger partial charge in [-0.1, -0.05) is 77.6 Å². The van der Waals surface area contributed by atoms with Gasteiger partial charge in [-0.3, -0.25) is 4.79 Å². The van der Waals surface area contributed by atoms with Gasteiger partial charge in [-0.25, -0.2) is 4.98 Å². The highest BCUT2D eigenvalue weighted by Crippen LogP contribution is 2.23. The van der Waals surface area contributed by atoms with E-state index in [9.17, 15) is 4.79 Å². The van der Waals surface area contributed by atoms with Crippen LogP contribution in [0.3, 0.4) is 0 Å². The molecule has 0 aliphatic rings. The maximum Gasteiger partial charge on any atom is 0.305 e. The maximum absolute atomic E-state index is 11.7. The fraction of sp³-hybridized carbons (Fsp3) is 0.833. The summed E-state index contributed by atoms with van der Waals surface area (Å²) >= 11 is 0. The molecule has 1 aromatic heterocycles. The molecule has 0 amide bonds. The van der Waals surface area contributed by atoms with E-state index in [1.54, 1.807) is 0 Å². The molecule has 0 fully saturated rings. The molecule has 5 heteroatoms. The second-order valence-electron chi connectivity index (χ2n) is 8.24. The normalized spacial score (nSPS) is 12.2. The van der Waals surface area contributed by atoms with Gasteiger partial charge in [0, 0.05) is 24.9 Å². The van der Waals surface area contributed by atoms with Gasteiger partial charge in [0.1, 0.15) is 0 Å². The van der Waals surface area contributed by atoms with E-state index in [0.717, 1.165) is 31.8 Å². The van der Waals surface area contributed by atoms with Gasteiger partial charge in [-0.15, -0.1) is 9.24 Å². The predicted octanol–water partition coefficient (Wildman–Crippen LogP) is 7.10. The zero-order valence-electron chi connectivity index (χ0n) is 18.8. The molecule has 0 saturated heterocycles. The van der Waals surface area contributed by atoms with Crippen molar-refractivity contribution >= 4 is 15.2 Å². The minimum atomic E-state index is -0.0441. The lowest BCUT2D eigenvalue weighted by Gasteiger charge is -2.18. The average Bonchev–Trinajstić information content (AvgIpc) is 3.26. The van der Waals surface area contributed by atoms with Crippen LogP contribution in [0.25, 0.3) is 0 Å². The van der Waals surface area contributed by atoms with Crippen molar-refractivity contribution in [1.29, 1.82) is 0 Å². The van der Waals surface area contributed by atoms with E-state index in [1.165, 1.54) is 70.6 Å². The molecule has 0 bridgehead atoms. The molecule has 29 heavy (non-hydrogen) atoms. The first-order valence-electron chi connectivity index (χ1n) is 12.1. The maximum atomic E-state index is 11.7. The van der Waals surface area contributed by atoms with Gasteiger partial charge < -0.3 is 9.30 Å². The van der Waals surface area contributed by atoms with Crippen LogP contribution >= 0.6 is 9.24 Å². The van der Waals surface area contributed by atoms with Crippen molar-refractivity contribution in [3.8, 4) is 0 Å². The Bertz CT molecular complexity index is 479. The minimum Gasteiger partial charge on any atom is -0.466 e.